The molecule has 2 aromatic carbocycles. The molecule has 0 amide bonds. The largest absolute Gasteiger partial charge is 0.256 e. The van der Waals surface area contributed by atoms with Gasteiger partial charge in [0, 0.05) is 20.5 Å². The molecule has 3 aromatic rings. The maximum absolute atomic E-state index is 4.47. The minimum atomic E-state index is 1.10. The number of fused-ring (bicyclic) bond motifs is 3. The fraction of sp³-hybridized carbons (Fsp3) is 0.350. The Morgan fingerprint density at radius 2 is 1.50 bits per heavy atom. The monoisotopic (exact) mass is 407 g/mol. The second-order valence-electron chi connectivity index (χ2n) is 4.83. The highest BCUT2D eigenvalue weighted by Gasteiger charge is 2.03. The first kappa shape index (κ1) is 18.9. The number of rotatable bonds is 2. The normalized spacial score (nSPS) is 9.68. The van der Waals surface area contributed by atoms with E-state index in [9.17, 15) is 0 Å². The maximum Gasteiger partial charge on any atom is 0.0790 e. The number of aromatic nitrogens is 1. The van der Waals surface area contributed by atoms with Gasteiger partial charge in [0.2, 0.25) is 0 Å². The van der Waals surface area contributed by atoms with E-state index in [1.54, 1.807) is 0 Å². The predicted molar refractivity (Wildman–Crippen MR) is 109 cm³/mol. The summed E-state index contributed by atoms with van der Waals surface area (Å²) in [5.41, 5.74) is 1.10. The van der Waals surface area contributed by atoms with Gasteiger partial charge in [0.05, 0.1) is 5.52 Å². The van der Waals surface area contributed by atoms with Crippen molar-refractivity contribution in [3.8, 4) is 0 Å². The van der Waals surface area contributed by atoms with Crippen molar-refractivity contribution < 1.29 is 0 Å². The van der Waals surface area contributed by atoms with Crippen LogP contribution in [0.15, 0.2) is 48.7 Å². The Bertz CT molecular complexity index is 689. The molecule has 0 atom stereocenters. The number of hydrogen-bond donors (Lipinski definition) is 0. The lowest BCUT2D eigenvalue weighted by atomic mass is 10.1. The van der Waals surface area contributed by atoms with Gasteiger partial charge in [-0.2, -0.15) is 0 Å². The lowest BCUT2D eigenvalue weighted by molar-refractivity contribution is 0.772. The molecule has 0 unspecified atom stereocenters. The van der Waals surface area contributed by atoms with E-state index in [0.717, 1.165) is 5.52 Å². The standard InChI is InChI=1S/C13H8IN.C5H12.C2H6/c14-11-5-1-3-9-6-7-10-4-2-8-15-13(10)12(9)11;1-3-5-4-2;1-2/h1-8H;3-5H2,1-2H3;1-2H3. The van der Waals surface area contributed by atoms with Gasteiger partial charge >= 0.3 is 0 Å². The molecule has 22 heavy (non-hydrogen) atoms. The van der Waals surface area contributed by atoms with Gasteiger partial charge < -0.3 is 0 Å². The first-order chi connectivity index (χ1) is 10.8. The van der Waals surface area contributed by atoms with Crippen molar-refractivity contribution in [2.24, 2.45) is 0 Å². The van der Waals surface area contributed by atoms with E-state index in [2.05, 4.69) is 77.8 Å². The van der Waals surface area contributed by atoms with E-state index in [-0.39, 0.29) is 0 Å². The Morgan fingerprint density at radius 1 is 0.864 bits per heavy atom. The van der Waals surface area contributed by atoms with Crippen LogP contribution in [0.25, 0.3) is 21.7 Å². The summed E-state index contributed by atoms with van der Waals surface area (Å²) in [4.78, 5) is 4.47. The molecule has 0 bridgehead atoms. The zero-order valence-corrected chi connectivity index (χ0v) is 16.2. The van der Waals surface area contributed by atoms with Crippen molar-refractivity contribution in [3.63, 3.8) is 0 Å². The van der Waals surface area contributed by atoms with E-state index in [4.69, 9.17) is 0 Å². The van der Waals surface area contributed by atoms with Crippen LogP contribution in [0, 0.1) is 3.57 Å². The number of nitrogens with zero attached hydrogens (tertiary/aromatic N) is 1. The topological polar surface area (TPSA) is 12.9 Å². The van der Waals surface area contributed by atoms with E-state index in [1.807, 2.05) is 26.1 Å². The molecule has 0 aliphatic rings. The molecule has 3 rings (SSSR count). The van der Waals surface area contributed by atoms with Crippen LogP contribution in [0.3, 0.4) is 0 Å². The van der Waals surface area contributed by atoms with Crippen LogP contribution >= 0.6 is 22.6 Å². The second kappa shape index (κ2) is 10.5. The summed E-state index contributed by atoms with van der Waals surface area (Å²) in [5, 5.41) is 3.72. The summed E-state index contributed by atoms with van der Waals surface area (Å²) in [7, 11) is 0. The molecule has 0 aliphatic heterocycles. The van der Waals surface area contributed by atoms with Gasteiger partial charge in [0.15, 0.2) is 0 Å². The number of hydrogen-bond acceptors (Lipinski definition) is 1. The summed E-state index contributed by atoms with van der Waals surface area (Å²) in [6.07, 6.45) is 5.93. The van der Waals surface area contributed by atoms with Crippen LogP contribution in [-0.4, -0.2) is 4.98 Å². The van der Waals surface area contributed by atoms with Gasteiger partial charge in [0.1, 0.15) is 0 Å². The molecular formula is C20H26IN. The third kappa shape index (κ3) is 4.94. The van der Waals surface area contributed by atoms with E-state index in [0.29, 0.717) is 0 Å². The molecule has 0 radical (unpaired) electrons. The first-order valence-corrected chi connectivity index (χ1v) is 9.27. The number of pyridine rings is 1. The van der Waals surface area contributed by atoms with Crippen LogP contribution in [0.2, 0.25) is 0 Å². The fourth-order valence-electron chi connectivity index (χ4n) is 2.22. The van der Waals surface area contributed by atoms with Crippen LogP contribution in [-0.2, 0) is 0 Å². The fourth-order valence-corrected chi connectivity index (χ4v) is 3.00. The highest BCUT2D eigenvalue weighted by atomic mass is 127. The average Bonchev–Trinajstić information content (AvgIpc) is 2.58. The van der Waals surface area contributed by atoms with Crippen LogP contribution in [0.1, 0.15) is 47.0 Å². The van der Waals surface area contributed by atoms with Gasteiger partial charge in [-0.05, 0) is 40.1 Å². The molecule has 0 spiro atoms. The Balaban J connectivity index is 0.000000299. The first-order valence-electron chi connectivity index (χ1n) is 8.20. The third-order valence-electron chi connectivity index (χ3n) is 3.27. The van der Waals surface area contributed by atoms with Crippen molar-refractivity contribution in [3.05, 3.63) is 52.2 Å². The molecule has 1 nitrogen and oxygen atoms in total. The van der Waals surface area contributed by atoms with Crippen LogP contribution in [0.4, 0.5) is 0 Å². The Morgan fingerprint density at radius 3 is 2.14 bits per heavy atom. The van der Waals surface area contributed by atoms with Crippen molar-refractivity contribution in [2.75, 3.05) is 0 Å². The Hall–Kier alpha value is -1.16. The molecule has 0 N–H and O–H groups in total. The van der Waals surface area contributed by atoms with Crippen molar-refractivity contribution in [1.29, 1.82) is 0 Å². The van der Waals surface area contributed by atoms with Gasteiger partial charge in [-0.3, -0.25) is 4.98 Å². The van der Waals surface area contributed by atoms with Crippen molar-refractivity contribution >= 4 is 44.3 Å². The Labute approximate surface area is 148 Å². The molecule has 0 fully saturated rings. The highest BCUT2D eigenvalue weighted by Crippen LogP contribution is 2.27. The Kier molecular flexibility index (Phi) is 9.05. The number of unbranched alkanes of at least 4 members (excludes halogenated alkanes) is 2. The molecule has 0 saturated heterocycles. The second-order valence-corrected chi connectivity index (χ2v) is 5.99. The van der Waals surface area contributed by atoms with Crippen LogP contribution < -0.4 is 0 Å². The molecule has 1 aromatic heterocycles. The van der Waals surface area contributed by atoms with E-state index < -0.39 is 0 Å². The molecule has 0 aliphatic carbocycles. The predicted octanol–water partition coefficient (Wildman–Crippen LogP) is 7.22. The summed E-state index contributed by atoms with van der Waals surface area (Å²) in [6.45, 7) is 8.42. The molecule has 1 heterocycles. The van der Waals surface area contributed by atoms with Crippen molar-refractivity contribution in [1.82, 2.24) is 4.98 Å². The van der Waals surface area contributed by atoms with E-state index >= 15 is 0 Å². The molecule has 118 valence electrons. The van der Waals surface area contributed by atoms with Gasteiger partial charge in [0.25, 0.3) is 0 Å². The third-order valence-corrected chi connectivity index (χ3v) is 4.17. The quantitative estimate of drug-likeness (QED) is 0.323. The summed E-state index contributed by atoms with van der Waals surface area (Å²) in [6, 6.07) is 14.7. The minimum Gasteiger partial charge on any atom is -0.256 e. The highest BCUT2D eigenvalue weighted by molar-refractivity contribution is 14.1. The van der Waals surface area contributed by atoms with Crippen molar-refractivity contribution in [2.45, 2.75) is 47.0 Å². The van der Waals surface area contributed by atoms with Gasteiger partial charge in [-0.25, -0.2) is 0 Å². The van der Waals surface area contributed by atoms with E-state index in [1.165, 1.54) is 39.0 Å². The van der Waals surface area contributed by atoms with Gasteiger partial charge in [-0.15, -0.1) is 0 Å². The number of benzene rings is 2. The summed E-state index contributed by atoms with van der Waals surface area (Å²) >= 11 is 2.37. The van der Waals surface area contributed by atoms with Crippen LogP contribution in [0.5, 0.6) is 0 Å². The molecular weight excluding hydrogens is 381 g/mol. The summed E-state index contributed by atoms with van der Waals surface area (Å²) < 4.78 is 1.26. The lowest BCUT2D eigenvalue weighted by Crippen LogP contribution is -1.83. The maximum atomic E-state index is 4.47. The average molecular weight is 407 g/mol. The zero-order chi connectivity index (χ0) is 16.4. The smallest absolute Gasteiger partial charge is 0.0790 e. The SMILES string of the molecule is CC.CCCCC.Ic1cccc2ccc3cccnc3c12. The minimum absolute atomic E-state index is 1.10. The molecule has 0 saturated carbocycles. The lowest BCUT2D eigenvalue weighted by Gasteiger charge is -2.04. The van der Waals surface area contributed by atoms with Gasteiger partial charge in [-0.1, -0.05) is 77.3 Å². The number of halogens is 1. The summed E-state index contributed by atoms with van der Waals surface area (Å²) in [5.74, 6) is 0. The molecule has 2 heteroatoms. The zero-order valence-electron chi connectivity index (χ0n) is 14.1.